The van der Waals surface area contributed by atoms with E-state index in [0.717, 1.165) is 5.56 Å². The first kappa shape index (κ1) is 14.3. The summed E-state index contributed by atoms with van der Waals surface area (Å²) in [6, 6.07) is 12.3. The van der Waals surface area contributed by atoms with Crippen LogP contribution in [0.3, 0.4) is 0 Å². The van der Waals surface area contributed by atoms with Crippen LogP contribution in [-0.4, -0.2) is 30.1 Å². The number of hydrogen-bond acceptors (Lipinski definition) is 4. The highest BCUT2D eigenvalue weighted by molar-refractivity contribution is 6.11. The van der Waals surface area contributed by atoms with Gasteiger partial charge in [-0.1, -0.05) is 24.8 Å². The highest BCUT2D eigenvalue weighted by atomic mass is 16.7. The van der Waals surface area contributed by atoms with E-state index in [-0.39, 0.29) is 25.2 Å². The number of benzene rings is 2. The molecule has 4 rings (SSSR count). The second kappa shape index (κ2) is 5.42. The van der Waals surface area contributed by atoms with Crippen LogP contribution in [0, 0.1) is 0 Å². The summed E-state index contributed by atoms with van der Waals surface area (Å²) in [5.41, 5.74) is 2.45. The van der Waals surface area contributed by atoms with Crippen molar-refractivity contribution >= 4 is 23.2 Å². The van der Waals surface area contributed by atoms with Gasteiger partial charge in [-0.3, -0.25) is 14.5 Å². The second-order valence-corrected chi connectivity index (χ2v) is 5.50. The average Bonchev–Trinajstić information content (AvgIpc) is 3.14. The van der Waals surface area contributed by atoms with Gasteiger partial charge in [0.05, 0.1) is 0 Å². The normalized spacial score (nSPS) is 14.8. The van der Waals surface area contributed by atoms with Crippen LogP contribution in [0.5, 0.6) is 11.5 Å². The Labute approximate surface area is 138 Å². The van der Waals surface area contributed by atoms with Gasteiger partial charge in [-0.25, -0.2) is 0 Å². The van der Waals surface area contributed by atoms with Crippen molar-refractivity contribution < 1.29 is 19.1 Å². The molecule has 2 amide bonds. The third kappa shape index (κ3) is 2.28. The molecule has 0 fully saturated rings. The molecule has 0 saturated carbocycles. The molecule has 2 aliphatic heterocycles. The van der Waals surface area contributed by atoms with E-state index >= 15 is 0 Å². The molecule has 2 aromatic carbocycles. The van der Waals surface area contributed by atoms with Crippen LogP contribution >= 0.6 is 0 Å². The predicted octanol–water partition coefficient (Wildman–Crippen LogP) is 2.48. The van der Waals surface area contributed by atoms with E-state index < -0.39 is 0 Å². The highest BCUT2D eigenvalue weighted by Crippen LogP contribution is 2.34. The van der Waals surface area contributed by atoms with Gasteiger partial charge >= 0.3 is 0 Å². The first-order valence-electron chi connectivity index (χ1n) is 7.43. The van der Waals surface area contributed by atoms with Gasteiger partial charge in [-0.2, -0.15) is 0 Å². The quantitative estimate of drug-likeness (QED) is 0.943. The van der Waals surface area contributed by atoms with Crippen molar-refractivity contribution in [3.8, 4) is 11.5 Å². The Balaban J connectivity index is 1.47. The minimum absolute atomic E-state index is 0.0964. The molecule has 6 heteroatoms. The molecule has 0 saturated heterocycles. The average molecular weight is 322 g/mol. The number of ether oxygens (including phenoxy) is 2. The van der Waals surface area contributed by atoms with E-state index in [9.17, 15) is 9.59 Å². The molecule has 24 heavy (non-hydrogen) atoms. The Morgan fingerprint density at radius 3 is 2.67 bits per heavy atom. The number of rotatable bonds is 3. The van der Waals surface area contributed by atoms with Crippen molar-refractivity contribution in [1.82, 2.24) is 4.90 Å². The van der Waals surface area contributed by atoms with Crippen LogP contribution in [0.4, 0.5) is 5.69 Å². The largest absolute Gasteiger partial charge is 0.454 e. The Bertz CT molecular complexity index is 840. The number of anilines is 1. The topological polar surface area (TPSA) is 67.9 Å². The zero-order valence-corrected chi connectivity index (χ0v) is 12.7. The number of amides is 2. The van der Waals surface area contributed by atoms with E-state index in [1.54, 1.807) is 30.3 Å². The van der Waals surface area contributed by atoms with Crippen LogP contribution in [0.2, 0.25) is 0 Å². The van der Waals surface area contributed by atoms with Crippen LogP contribution in [0.15, 0.2) is 49.0 Å². The maximum atomic E-state index is 12.4. The molecule has 120 valence electrons. The van der Waals surface area contributed by atoms with E-state index in [0.29, 0.717) is 28.4 Å². The molecule has 0 spiro atoms. The number of hydrogen-bond donors (Lipinski definition) is 1. The Kier molecular flexibility index (Phi) is 3.23. The monoisotopic (exact) mass is 322 g/mol. The summed E-state index contributed by atoms with van der Waals surface area (Å²) in [6.45, 7) is 4.00. The molecular weight excluding hydrogens is 308 g/mol. The van der Waals surface area contributed by atoms with Crippen molar-refractivity contribution in [3.05, 3.63) is 60.2 Å². The fourth-order valence-corrected chi connectivity index (χ4v) is 2.82. The van der Waals surface area contributed by atoms with Crippen molar-refractivity contribution in [3.63, 3.8) is 0 Å². The minimum atomic E-state index is -0.309. The van der Waals surface area contributed by atoms with Gasteiger partial charge in [-0.05, 0) is 18.2 Å². The summed E-state index contributed by atoms with van der Waals surface area (Å²) in [7, 11) is 0. The molecule has 2 aromatic rings. The molecule has 0 bridgehead atoms. The summed E-state index contributed by atoms with van der Waals surface area (Å²) < 4.78 is 10.5. The lowest BCUT2D eigenvalue weighted by Crippen LogP contribution is -2.32. The fourth-order valence-electron chi connectivity index (χ4n) is 2.82. The van der Waals surface area contributed by atoms with Crippen molar-refractivity contribution in [2.24, 2.45) is 0 Å². The van der Waals surface area contributed by atoms with Gasteiger partial charge in [0.25, 0.3) is 5.91 Å². The molecular formula is C18H14N2O4. The number of carbonyl (C=O) groups excluding carboxylic acids is 2. The molecule has 0 aliphatic carbocycles. The number of carbonyl (C=O) groups is 2. The van der Waals surface area contributed by atoms with Gasteiger partial charge < -0.3 is 14.8 Å². The lowest BCUT2D eigenvalue weighted by atomic mass is 10.1. The first-order valence-corrected chi connectivity index (χ1v) is 7.43. The zero-order chi connectivity index (χ0) is 16.7. The fraction of sp³-hybridized carbons (Fsp3) is 0.111. The van der Waals surface area contributed by atoms with Crippen LogP contribution < -0.4 is 14.8 Å². The van der Waals surface area contributed by atoms with Crippen molar-refractivity contribution in [2.75, 3.05) is 18.7 Å². The Morgan fingerprint density at radius 2 is 1.88 bits per heavy atom. The van der Waals surface area contributed by atoms with Crippen LogP contribution in [0.25, 0.3) is 5.70 Å². The van der Waals surface area contributed by atoms with E-state index in [4.69, 9.17) is 9.47 Å². The van der Waals surface area contributed by atoms with Crippen LogP contribution in [0.1, 0.15) is 15.9 Å². The zero-order valence-electron chi connectivity index (χ0n) is 12.7. The number of nitrogens with one attached hydrogen (secondary N) is 1. The van der Waals surface area contributed by atoms with E-state index in [1.165, 1.54) is 4.90 Å². The van der Waals surface area contributed by atoms with Crippen molar-refractivity contribution in [2.45, 2.75) is 0 Å². The highest BCUT2D eigenvalue weighted by Gasteiger charge is 2.31. The third-order valence-electron chi connectivity index (χ3n) is 4.00. The molecule has 2 heterocycles. The molecule has 0 radical (unpaired) electrons. The van der Waals surface area contributed by atoms with Crippen LogP contribution in [-0.2, 0) is 4.79 Å². The maximum absolute atomic E-state index is 12.4. The first-order chi connectivity index (χ1) is 11.6. The maximum Gasteiger partial charge on any atom is 0.259 e. The molecule has 6 nitrogen and oxygen atoms in total. The SMILES string of the molecule is C=C1c2ccccc2C(=O)N1CC(=O)Nc1ccc2c(c1)OCO2. The smallest absolute Gasteiger partial charge is 0.259 e. The molecule has 0 aromatic heterocycles. The van der Waals surface area contributed by atoms with E-state index in [1.807, 2.05) is 12.1 Å². The Morgan fingerprint density at radius 1 is 1.12 bits per heavy atom. The molecule has 1 N–H and O–H groups in total. The molecule has 2 aliphatic rings. The van der Waals surface area contributed by atoms with Gasteiger partial charge in [0.15, 0.2) is 11.5 Å². The number of nitrogens with zero attached hydrogens (tertiary/aromatic N) is 1. The summed E-state index contributed by atoms with van der Waals surface area (Å²) in [5.74, 6) is 0.709. The van der Waals surface area contributed by atoms with Gasteiger partial charge in [0.2, 0.25) is 12.7 Å². The lowest BCUT2D eigenvalue weighted by molar-refractivity contribution is -0.116. The predicted molar refractivity (Wildman–Crippen MR) is 87.7 cm³/mol. The third-order valence-corrected chi connectivity index (χ3v) is 4.00. The standard InChI is InChI=1S/C18H14N2O4/c1-11-13-4-2-3-5-14(13)18(22)20(11)9-17(21)19-12-6-7-15-16(8-12)24-10-23-15/h2-8H,1,9-10H2,(H,19,21). The minimum Gasteiger partial charge on any atom is -0.454 e. The molecule has 0 atom stereocenters. The van der Waals surface area contributed by atoms with Crippen molar-refractivity contribution in [1.29, 1.82) is 0 Å². The van der Waals surface area contributed by atoms with Gasteiger partial charge in [0, 0.05) is 28.6 Å². The Hall–Kier alpha value is -3.28. The van der Waals surface area contributed by atoms with Gasteiger partial charge in [0.1, 0.15) is 6.54 Å². The summed E-state index contributed by atoms with van der Waals surface area (Å²) in [4.78, 5) is 26.1. The number of fused-ring (bicyclic) bond motifs is 2. The van der Waals surface area contributed by atoms with E-state index in [2.05, 4.69) is 11.9 Å². The summed E-state index contributed by atoms with van der Waals surface area (Å²) >= 11 is 0. The van der Waals surface area contributed by atoms with Gasteiger partial charge in [-0.15, -0.1) is 0 Å². The lowest BCUT2D eigenvalue weighted by Gasteiger charge is -2.17. The summed E-state index contributed by atoms with van der Waals surface area (Å²) in [5, 5.41) is 2.76. The molecule has 0 unspecified atom stereocenters. The second-order valence-electron chi connectivity index (χ2n) is 5.50. The summed E-state index contributed by atoms with van der Waals surface area (Å²) in [6.07, 6.45) is 0.